The molecule has 0 heterocycles. The topological polar surface area (TPSA) is 12.0 Å². The van der Waals surface area contributed by atoms with Crippen molar-refractivity contribution < 1.29 is 0 Å². The second kappa shape index (κ2) is 14.1. The van der Waals surface area contributed by atoms with Crippen molar-refractivity contribution in [3.63, 3.8) is 0 Å². The molecule has 0 aromatic carbocycles. The summed E-state index contributed by atoms with van der Waals surface area (Å²) in [4.78, 5) is 0. The minimum atomic E-state index is 0.547. The number of nitrogens with one attached hydrogen (secondary N) is 1. The predicted molar refractivity (Wildman–Crippen MR) is 82.6 cm³/mol. The molecule has 0 radical (unpaired) electrons. The predicted octanol–water partition coefficient (Wildman–Crippen LogP) is 4.46. The van der Waals surface area contributed by atoms with Gasteiger partial charge in [-0.1, -0.05) is 37.8 Å². The number of hydrogen-bond acceptors (Lipinski definition) is 1. The molecular weight excluding hydrogens is 218 g/mol. The lowest BCUT2D eigenvalue weighted by molar-refractivity contribution is 0.482. The maximum absolute atomic E-state index is 3.78. The van der Waals surface area contributed by atoms with E-state index in [1.807, 2.05) is 12.2 Å². The van der Waals surface area contributed by atoms with E-state index >= 15 is 0 Å². The van der Waals surface area contributed by atoms with Gasteiger partial charge in [0.05, 0.1) is 6.54 Å². The van der Waals surface area contributed by atoms with Crippen LogP contribution in [-0.4, -0.2) is 12.6 Å². The van der Waals surface area contributed by atoms with Crippen LogP contribution in [0.4, 0.5) is 0 Å². The highest BCUT2D eigenvalue weighted by molar-refractivity contribution is 5.01. The zero-order chi connectivity index (χ0) is 13.5. The molecule has 1 nitrogen and oxygen atoms in total. The second-order valence-corrected chi connectivity index (χ2v) is 4.62. The number of unbranched alkanes of at least 4 members (excludes halogenated alkanes) is 3. The van der Waals surface area contributed by atoms with Crippen LogP contribution in [0, 0.1) is 11.8 Å². The summed E-state index contributed by atoms with van der Waals surface area (Å²) in [5.41, 5.74) is 0. The molecule has 0 fully saturated rings. The van der Waals surface area contributed by atoms with Crippen LogP contribution in [0.25, 0.3) is 0 Å². The third-order valence-corrected chi connectivity index (χ3v) is 2.95. The minimum absolute atomic E-state index is 0.547. The van der Waals surface area contributed by atoms with Crippen LogP contribution in [0.15, 0.2) is 25.3 Å². The number of rotatable bonds is 11. The molecule has 102 valence electrons. The van der Waals surface area contributed by atoms with Crippen molar-refractivity contribution in [3.8, 4) is 11.8 Å². The van der Waals surface area contributed by atoms with E-state index in [2.05, 4.69) is 37.2 Å². The summed E-state index contributed by atoms with van der Waals surface area (Å²) < 4.78 is 0. The summed E-state index contributed by atoms with van der Waals surface area (Å²) in [5.74, 6) is 6.45. The summed E-state index contributed by atoms with van der Waals surface area (Å²) >= 11 is 0. The van der Waals surface area contributed by atoms with Crippen molar-refractivity contribution in [1.29, 1.82) is 0 Å². The first kappa shape index (κ1) is 17.0. The molecule has 0 aliphatic heterocycles. The number of allylic oxidation sites excluding steroid dienone is 2. The van der Waals surface area contributed by atoms with Crippen LogP contribution in [0.1, 0.15) is 58.3 Å². The van der Waals surface area contributed by atoms with Crippen molar-refractivity contribution in [2.24, 2.45) is 0 Å². The van der Waals surface area contributed by atoms with Crippen LogP contribution in [0.2, 0.25) is 0 Å². The van der Waals surface area contributed by atoms with E-state index in [-0.39, 0.29) is 0 Å². The highest BCUT2D eigenvalue weighted by Gasteiger charge is 2.04. The Morgan fingerprint density at radius 2 is 1.72 bits per heavy atom. The van der Waals surface area contributed by atoms with E-state index in [1.165, 1.54) is 19.3 Å². The van der Waals surface area contributed by atoms with Gasteiger partial charge in [-0.05, 0) is 32.1 Å². The third kappa shape index (κ3) is 11.5. The van der Waals surface area contributed by atoms with Crippen LogP contribution in [0.3, 0.4) is 0 Å². The molecule has 0 spiro atoms. The molecule has 0 aromatic rings. The van der Waals surface area contributed by atoms with Crippen LogP contribution < -0.4 is 5.32 Å². The molecule has 0 saturated carbocycles. The first-order valence-corrected chi connectivity index (χ1v) is 7.26. The van der Waals surface area contributed by atoms with E-state index in [9.17, 15) is 0 Å². The molecule has 0 bridgehead atoms. The zero-order valence-electron chi connectivity index (χ0n) is 12.0. The smallest absolute Gasteiger partial charge is 0.0578 e. The molecule has 18 heavy (non-hydrogen) atoms. The summed E-state index contributed by atoms with van der Waals surface area (Å²) in [6, 6.07) is 0.547. The average molecular weight is 247 g/mol. The molecule has 0 aromatic heterocycles. The average Bonchev–Trinajstić information content (AvgIpc) is 2.40. The van der Waals surface area contributed by atoms with Crippen molar-refractivity contribution in [1.82, 2.24) is 5.32 Å². The summed E-state index contributed by atoms with van der Waals surface area (Å²) in [6.45, 7) is 10.6. The Labute approximate surface area is 114 Å². The molecule has 1 N–H and O–H groups in total. The molecule has 0 aliphatic rings. The fourth-order valence-corrected chi connectivity index (χ4v) is 1.80. The van der Waals surface area contributed by atoms with Crippen molar-refractivity contribution in [3.05, 3.63) is 25.3 Å². The van der Waals surface area contributed by atoms with Gasteiger partial charge >= 0.3 is 0 Å². The lowest BCUT2D eigenvalue weighted by Crippen LogP contribution is -2.29. The van der Waals surface area contributed by atoms with Gasteiger partial charge in [0.1, 0.15) is 0 Å². The summed E-state index contributed by atoms with van der Waals surface area (Å²) in [5, 5.41) is 3.51. The Morgan fingerprint density at radius 1 is 1.06 bits per heavy atom. The fraction of sp³-hybridized carbons (Fsp3) is 0.647. The SMILES string of the molecule is C=CCCC(CCC=C)NCC#CCCCCC. The van der Waals surface area contributed by atoms with Crippen molar-refractivity contribution in [2.75, 3.05) is 6.54 Å². The van der Waals surface area contributed by atoms with Gasteiger partial charge in [-0.25, -0.2) is 0 Å². The zero-order valence-corrected chi connectivity index (χ0v) is 12.0. The van der Waals surface area contributed by atoms with Gasteiger partial charge < -0.3 is 5.32 Å². The molecule has 0 unspecified atom stereocenters. The van der Waals surface area contributed by atoms with Crippen LogP contribution >= 0.6 is 0 Å². The number of hydrogen-bond donors (Lipinski definition) is 1. The first-order chi connectivity index (χ1) is 8.85. The van der Waals surface area contributed by atoms with E-state index in [1.54, 1.807) is 0 Å². The third-order valence-electron chi connectivity index (χ3n) is 2.95. The minimum Gasteiger partial charge on any atom is -0.303 e. The van der Waals surface area contributed by atoms with Gasteiger partial charge in [-0.3, -0.25) is 0 Å². The molecule has 0 rings (SSSR count). The molecule has 0 aliphatic carbocycles. The Hall–Kier alpha value is -1.00. The largest absolute Gasteiger partial charge is 0.303 e. The van der Waals surface area contributed by atoms with Gasteiger partial charge in [-0.2, -0.15) is 0 Å². The van der Waals surface area contributed by atoms with Gasteiger partial charge in [0.25, 0.3) is 0 Å². The second-order valence-electron chi connectivity index (χ2n) is 4.62. The Kier molecular flexibility index (Phi) is 13.3. The first-order valence-electron chi connectivity index (χ1n) is 7.26. The monoisotopic (exact) mass is 247 g/mol. The quantitative estimate of drug-likeness (QED) is 0.323. The van der Waals surface area contributed by atoms with E-state index in [0.717, 1.165) is 38.6 Å². The van der Waals surface area contributed by atoms with Crippen molar-refractivity contribution >= 4 is 0 Å². The Morgan fingerprint density at radius 3 is 2.28 bits per heavy atom. The van der Waals surface area contributed by atoms with Gasteiger partial charge in [-0.15, -0.1) is 19.1 Å². The van der Waals surface area contributed by atoms with Crippen LogP contribution in [-0.2, 0) is 0 Å². The standard InChI is InChI=1S/C17H29N/c1-4-7-10-11-12-13-16-18-17(14-8-5-2)15-9-6-3/h5-6,17-18H,2-4,7-11,14-16H2,1H3. The van der Waals surface area contributed by atoms with E-state index in [4.69, 9.17) is 0 Å². The van der Waals surface area contributed by atoms with Gasteiger partial charge in [0.15, 0.2) is 0 Å². The van der Waals surface area contributed by atoms with E-state index < -0.39 is 0 Å². The molecule has 1 heteroatoms. The molecule has 0 saturated heterocycles. The van der Waals surface area contributed by atoms with Gasteiger partial charge in [0.2, 0.25) is 0 Å². The summed E-state index contributed by atoms with van der Waals surface area (Å²) in [7, 11) is 0. The van der Waals surface area contributed by atoms with E-state index in [0.29, 0.717) is 6.04 Å². The lowest BCUT2D eigenvalue weighted by atomic mass is 10.1. The maximum Gasteiger partial charge on any atom is 0.0578 e. The highest BCUT2D eigenvalue weighted by atomic mass is 14.9. The van der Waals surface area contributed by atoms with Crippen LogP contribution in [0.5, 0.6) is 0 Å². The molecular formula is C17H29N. The Bertz CT molecular complexity index is 245. The van der Waals surface area contributed by atoms with Gasteiger partial charge in [0, 0.05) is 12.5 Å². The Balaban J connectivity index is 3.71. The molecule has 0 atom stereocenters. The molecule has 0 amide bonds. The summed E-state index contributed by atoms with van der Waals surface area (Å²) in [6.07, 6.45) is 13.2. The lowest BCUT2D eigenvalue weighted by Gasteiger charge is -2.15. The maximum atomic E-state index is 3.78. The van der Waals surface area contributed by atoms with Crippen molar-refractivity contribution in [2.45, 2.75) is 64.3 Å². The highest BCUT2D eigenvalue weighted by Crippen LogP contribution is 2.05. The normalized spacial score (nSPS) is 9.89. The fourth-order valence-electron chi connectivity index (χ4n) is 1.80.